The molecule has 0 radical (unpaired) electrons. The molecule has 1 N–H and O–H groups in total. The number of pyridine rings is 1. The van der Waals surface area contributed by atoms with E-state index in [1.54, 1.807) is 11.9 Å². The predicted molar refractivity (Wildman–Crippen MR) is 127 cm³/mol. The van der Waals surface area contributed by atoms with E-state index < -0.39 is 0 Å². The Balaban J connectivity index is 1.60. The van der Waals surface area contributed by atoms with Crippen LogP contribution >= 0.6 is 11.9 Å². The molecule has 158 valence electrons. The molecule has 0 unspecified atom stereocenters. The normalized spacial score (nSPS) is 14.9. The van der Waals surface area contributed by atoms with Gasteiger partial charge in [0.1, 0.15) is 11.6 Å². The number of fused-ring (bicyclic) bond motifs is 1. The first-order chi connectivity index (χ1) is 14.5. The fraction of sp³-hybridized carbons (Fsp3) is 0.409. The van der Waals surface area contributed by atoms with Crippen LogP contribution in [0.5, 0.6) is 0 Å². The van der Waals surface area contributed by atoms with Crippen molar-refractivity contribution >= 4 is 40.0 Å². The van der Waals surface area contributed by atoms with E-state index in [9.17, 15) is 0 Å². The van der Waals surface area contributed by atoms with Crippen LogP contribution in [-0.2, 0) is 6.54 Å². The lowest BCUT2D eigenvalue weighted by atomic mass is 10.1. The van der Waals surface area contributed by atoms with Crippen LogP contribution < -0.4 is 14.5 Å². The molecule has 1 fully saturated rings. The largest absolute Gasteiger partial charge is 0.367 e. The van der Waals surface area contributed by atoms with Crippen molar-refractivity contribution in [3.8, 4) is 0 Å². The third kappa shape index (κ3) is 4.44. The lowest BCUT2D eigenvalue weighted by molar-refractivity contribution is 0.312. The summed E-state index contributed by atoms with van der Waals surface area (Å²) in [6, 6.07) is 10.5. The van der Waals surface area contributed by atoms with Crippen LogP contribution in [0.3, 0.4) is 0 Å². The first kappa shape index (κ1) is 20.7. The van der Waals surface area contributed by atoms with Gasteiger partial charge in [-0.3, -0.25) is 4.98 Å². The summed E-state index contributed by atoms with van der Waals surface area (Å²) < 4.78 is 3.35. The zero-order chi connectivity index (χ0) is 21.1. The highest BCUT2D eigenvalue weighted by atomic mass is 32.2. The molecule has 0 spiro atoms. The van der Waals surface area contributed by atoms with Gasteiger partial charge in [-0.05, 0) is 38.2 Å². The minimum atomic E-state index is 0.699. The van der Waals surface area contributed by atoms with Crippen molar-refractivity contribution in [3.63, 3.8) is 0 Å². The number of nitrogens with zero attached hydrogens (tertiary/aromatic N) is 6. The van der Waals surface area contributed by atoms with Crippen LogP contribution in [0.25, 0.3) is 10.9 Å². The number of hydrogen-bond acceptors (Lipinski definition) is 8. The van der Waals surface area contributed by atoms with Crippen molar-refractivity contribution in [2.24, 2.45) is 0 Å². The minimum absolute atomic E-state index is 0.699. The van der Waals surface area contributed by atoms with E-state index in [0.717, 1.165) is 65.8 Å². The van der Waals surface area contributed by atoms with Crippen LogP contribution in [-0.4, -0.2) is 66.4 Å². The number of benzene rings is 1. The molecule has 0 atom stereocenters. The molecular weight excluding hydrogens is 394 g/mol. The molecule has 8 heteroatoms. The third-order valence-corrected chi connectivity index (χ3v) is 5.90. The van der Waals surface area contributed by atoms with E-state index in [1.807, 2.05) is 25.4 Å². The molecule has 2 aromatic heterocycles. The van der Waals surface area contributed by atoms with Gasteiger partial charge < -0.3 is 19.4 Å². The van der Waals surface area contributed by atoms with Gasteiger partial charge in [-0.25, -0.2) is 9.97 Å². The van der Waals surface area contributed by atoms with E-state index in [1.165, 1.54) is 0 Å². The third-order valence-electron chi connectivity index (χ3n) is 5.48. The average molecular weight is 424 g/mol. The smallest absolute Gasteiger partial charge is 0.132 e. The van der Waals surface area contributed by atoms with Crippen LogP contribution in [0.15, 0.2) is 36.5 Å². The van der Waals surface area contributed by atoms with Crippen molar-refractivity contribution in [2.45, 2.75) is 13.5 Å². The van der Waals surface area contributed by atoms with Crippen LogP contribution in [0.2, 0.25) is 0 Å². The number of piperazine rings is 1. The molecule has 0 saturated carbocycles. The summed E-state index contributed by atoms with van der Waals surface area (Å²) in [7, 11) is 4.26. The van der Waals surface area contributed by atoms with Gasteiger partial charge in [0.05, 0.1) is 29.1 Å². The molecule has 7 nitrogen and oxygen atoms in total. The molecule has 30 heavy (non-hydrogen) atoms. The SMILES string of the molecule is CSNc1ccc(N(C)Cc2cc(N3CCN(C)CC3)nc(C)n2)c2ncccc12. The number of hydrogen-bond donors (Lipinski definition) is 1. The molecule has 0 amide bonds. The number of anilines is 3. The van der Waals surface area contributed by atoms with Gasteiger partial charge in [0.25, 0.3) is 0 Å². The number of nitrogens with one attached hydrogen (secondary N) is 1. The van der Waals surface area contributed by atoms with E-state index in [0.29, 0.717) is 6.54 Å². The summed E-state index contributed by atoms with van der Waals surface area (Å²) in [4.78, 5) is 21.0. The van der Waals surface area contributed by atoms with Gasteiger partial charge in [-0.2, -0.15) is 0 Å². The lowest BCUT2D eigenvalue weighted by Crippen LogP contribution is -2.45. The summed E-state index contributed by atoms with van der Waals surface area (Å²) in [5.41, 5.74) is 4.19. The van der Waals surface area contributed by atoms with E-state index in [-0.39, 0.29) is 0 Å². The maximum atomic E-state index is 4.71. The Morgan fingerprint density at radius 3 is 2.70 bits per heavy atom. The zero-order valence-corrected chi connectivity index (χ0v) is 18.9. The second-order valence-corrected chi connectivity index (χ2v) is 8.36. The highest BCUT2D eigenvalue weighted by molar-refractivity contribution is 7.99. The highest BCUT2D eigenvalue weighted by Crippen LogP contribution is 2.32. The summed E-state index contributed by atoms with van der Waals surface area (Å²) in [5.74, 6) is 1.85. The van der Waals surface area contributed by atoms with Gasteiger partial charge in [-0.1, -0.05) is 11.9 Å². The molecule has 4 rings (SSSR count). The topological polar surface area (TPSA) is 60.4 Å². The standard InChI is InChI=1S/C22H29N7S/c1-16-24-17(14-21(25-16)29-12-10-27(2)11-13-29)15-28(3)20-8-7-19(26-30-4)18-6-5-9-23-22(18)20/h5-9,14,26H,10-13,15H2,1-4H3. The fourth-order valence-electron chi connectivity index (χ4n) is 3.88. The maximum absolute atomic E-state index is 4.71. The van der Waals surface area contributed by atoms with Crippen LogP contribution in [0, 0.1) is 6.92 Å². The number of rotatable bonds is 6. The molecule has 1 aromatic carbocycles. The Hall–Kier alpha value is -2.58. The Morgan fingerprint density at radius 2 is 1.93 bits per heavy atom. The van der Waals surface area contributed by atoms with Gasteiger partial charge in [-0.15, -0.1) is 0 Å². The molecule has 1 aliphatic rings. The van der Waals surface area contributed by atoms with Crippen molar-refractivity contribution in [3.05, 3.63) is 48.0 Å². The molecule has 3 heterocycles. The zero-order valence-electron chi connectivity index (χ0n) is 18.1. The molecule has 0 bridgehead atoms. The summed E-state index contributed by atoms with van der Waals surface area (Å²) in [5, 5.41) is 1.12. The number of aryl methyl sites for hydroxylation is 1. The van der Waals surface area contributed by atoms with Gasteiger partial charge in [0, 0.05) is 57.1 Å². The Labute approximate surface area is 182 Å². The predicted octanol–water partition coefficient (Wildman–Crippen LogP) is 3.41. The first-order valence-electron chi connectivity index (χ1n) is 10.2. The molecule has 3 aromatic rings. The first-order valence-corrected chi connectivity index (χ1v) is 11.4. The van der Waals surface area contributed by atoms with Gasteiger partial charge in [0.15, 0.2) is 0 Å². The Morgan fingerprint density at radius 1 is 1.13 bits per heavy atom. The minimum Gasteiger partial charge on any atom is -0.367 e. The second-order valence-electron chi connectivity index (χ2n) is 7.75. The Bertz CT molecular complexity index is 1020. The average Bonchev–Trinajstić information content (AvgIpc) is 2.74. The van der Waals surface area contributed by atoms with Crippen molar-refractivity contribution < 1.29 is 0 Å². The van der Waals surface area contributed by atoms with Gasteiger partial charge >= 0.3 is 0 Å². The summed E-state index contributed by atoms with van der Waals surface area (Å²) in [6.07, 6.45) is 3.88. The second kappa shape index (κ2) is 9.06. The number of aromatic nitrogens is 3. The quantitative estimate of drug-likeness (QED) is 0.606. The van der Waals surface area contributed by atoms with Crippen molar-refractivity contribution in [1.82, 2.24) is 19.9 Å². The maximum Gasteiger partial charge on any atom is 0.132 e. The Kier molecular flexibility index (Phi) is 6.24. The monoisotopic (exact) mass is 423 g/mol. The molecular formula is C22H29N7S. The summed E-state index contributed by atoms with van der Waals surface area (Å²) >= 11 is 1.59. The lowest BCUT2D eigenvalue weighted by Gasteiger charge is -2.33. The van der Waals surface area contributed by atoms with Crippen molar-refractivity contribution in [2.75, 3.05) is 61.1 Å². The molecule has 0 aliphatic carbocycles. The molecule has 1 saturated heterocycles. The molecule has 1 aliphatic heterocycles. The van der Waals surface area contributed by atoms with E-state index in [2.05, 4.69) is 62.8 Å². The van der Waals surface area contributed by atoms with Crippen LogP contribution in [0.1, 0.15) is 11.5 Å². The number of likely N-dealkylation sites (N-methyl/N-ethyl adjacent to an activating group) is 1. The van der Waals surface area contributed by atoms with E-state index >= 15 is 0 Å². The van der Waals surface area contributed by atoms with Crippen molar-refractivity contribution in [1.29, 1.82) is 0 Å². The summed E-state index contributed by atoms with van der Waals surface area (Å²) in [6.45, 7) is 6.80. The van der Waals surface area contributed by atoms with E-state index in [4.69, 9.17) is 9.97 Å². The van der Waals surface area contributed by atoms with Gasteiger partial charge in [0.2, 0.25) is 0 Å². The highest BCUT2D eigenvalue weighted by Gasteiger charge is 2.17. The fourth-order valence-corrected chi connectivity index (χ4v) is 4.28. The van der Waals surface area contributed by atoms with Crippen LogP contribution in [0.4, 0.5) is 17.2 Å².